The number of hydrogen-bond donors (Lipinski definition) is 0. The molecule has 0 aromatic heterocycles. The molecule has 0 aliphatic heterocycles. The van der Waals surface area contributed by atoms with Gasteiger partial charge in [0.1, 0.15) is 0 Å². The summed E-state index contributed by atoms with van der Waals surface area (Å²) in [5.41, 5.74) is 2.51. The molecule has 0 N–H and O–H groups in total. The minimum atomic E-state index is -1.45. The van der Waals surface area contributed by atoms with Crippen molar-refractivity contribution in [1.82, 2.24) is 0 Å². The Hall–Kier alpha value is 0.499. The van der Waals surface area contributed by atoms with Gasteiger partial charge in [0.05, 0.1) is 0 Å². The van der Waals surface area contributed by atoms with Crippen molar-refractivity contribution >= 4 is 27.1 Å². The Balaban J connectivity index is 3.65. The van der Waals surface area contributed by atoms with Crippen LogP contribution in [0.15, 0.2) is 24.3 Å². The van der Waals surface area contributed by atoms with Crippen LogP contribution in [0.3, 0.4) is 0 Å². The van der Waals surface area contributed by atoms with E-state index in [1.807, 2.05) is 0 Å². The molecule has 0 aliphatic rings. The zero-order chi connectivity index (χ0) is 8.15. The van der Waals surface area contributed by atoms with Gasteiger partial charge in [-0.15, -0.1) is 0 Å². The van der Waals surface area contributed by atoms with E-state index in [0.717, 1.165) is 8.87 Å². The predicted octanol–water partition coefficient (Wildman–Crippen LogP) is 3.33. The van der Waals surface area contributed by atoms with Gasteiger partial charge in [-0.3, -0.25) is 0 Å². The maximum atomic E-state index is 5.36. The summed E-state index contributed by atoms with van der Waals surface area (Å²) < 4.78 is 2.29. The summed E-state index contributed by atoms with van der Waals surface area (Å²) >= 11 is -1.45. The molecule has 0 radical (unpaired) electrons. The van der Waals surface area contributed by atoms with E-state index in [9.17, 15) is 0 Å². The van der Waals surface area contributed by atoms with Crippen molar-refractivity contribution in [2.24, 2.45) is 0 Å². The third-order valence-corrected chi connectivity index (χ3v) is 8.63. The van der Waals surface area contributed by atoms with Crippen molar-refractivity contribution in [2.75, 3.05) is 0 Å². The quantitative estimate of drug-likeness (QED) is 0.552. The van der Waals surface area contributed by atoms with E-state index < -0.39 is 17.8 Å². The van der Waals surface area contributed by atoms with E-state index >= 15 is 0 Å². The summed E-state index contributed by atoms with van der Waals surface area (Å²) in [6.07, 6.45) is 0. The number of rotatable bonds is 4. The van der Waals surface area contributed by atoms with Crippen molar-refractivity contribution in [3.63, 3.8) is 0 Å². The van der Waals surface area contributed by atoms with Crippen LogP contribution >= 0.6 is 9.29 Å². The number of hydrogen-bond acceptors (Lipinski definition) is 1. The fourth-order valence-corrected chi connectivity index (χ4v) is 8.24. The molecule has 0 unspecified atom stereocenters. The second-order valence-corrected chi connectivity index (χ2v) is 11.8. The van der Waals surface area contributed by atoms with E-state index in [2.05, 4.69) is 27.0 Å². The second kappa shape index (κ2) is 5.19. The molecule has 0 spiro atoms. The average molecular weight is 261 g/mol. The standard InChI is InChI=1S/2C4H7.S.Sn/c2*1-4(2)3;;/h2*1-2H2,3H3;;. The predicted molar refractivity (Wildman–Crippen MR) is 52.6 cm³/mol. The van der Waals surface area contributed by atoms with Crippen LogP contribution in [0.2, 0.25) is 8.87 Å². The molecule has 0 bridgehead atoms. The van der Waals surface area contributed by atoms with Crippen LogP contribution in [0, 0.1) is 0 Å². The molecule has 0 aromatic carbocycles. The third kappa shape index (κ3) is 6.62. The molecule has 0 rings (SSSR count). The van der Waals surface area contributed by atoms with Gasteiger partial charge in [-0.2, -0.15) is 0 Å². The van der Waals surface area contributed by atoms with E-state index in [1.54, 1.807) is 0 Å². The maximum absolute atomic E-state index is 5.36. The fraction of sp³-hybridized carbons (Fsp3) is 0.500. The second-order valence-electron chi connectivity index (χ2n) is 2.81. The Morgan fingerprint density at radius 1 is 1.20 bits per heavy atom. The summed E-state index contributed by atoms with van der Waals surface area (Å²) in [6.45, 7) is 11.8. The molecule has 0 heterocycles. The molecule has 0 nitrogen and oxygen atoms in total. The minimum absolute atomic E-state index is 1.14. The molecular formula is C8H14SSn. The van der Waals surface area contributed by atoms with Crippen LogP contribution in [-0.4, -0.2) is 17.8 Å². The van der Waals surface area contributed by atoms with Crippen LogP contribution in [0.25, 0.3) is 0 Å². The molecule has 2 heteroatoms. The zero-order valence-electron chi connectivity index (χ0n) is 6.74. The van der Waals surface area contributed by atoms with Crippen molar-refractivity contribution in [3.05, 3.63) is 24.3 Å². The average Bonchev–Trinajstić information content (AvgIpc) is 1.58. The topological polar surface area (TPSA) is 0 Å². The fourth-order valence-electron chi connectivity index (χ4n) is 0.736. The summed E-state index contributed by atoms with van der Waals surface area (Å²) in [7, 11) is 5.36. The first-order valence-electron chi connectivity index (χ1n) is 3.33. The van der Waals surface area contributed by atoms with Crippen molar-refractivity contribution in [1.29, 1.82) is 0 Å². The Kier molecular flexibility index (Phi) is 5.45. The van der Waals surface area contributed by atoms with Gasteiger partial charge in [0.2, 0.25) is 0 Å². The molecule has 0 aliphatic carbocycles. The van der Waals surface area contributed by atoms with Gasteiger partial charge in [0.15, 0.2) is 0 Å². The first kappa shape index (κ1) is 10.5. The molecule has 0 fully saturated rings. The summed E-state index contributed by atoms with van der Waals surface area (Å²) in [4.78, 5) is 0. The summed E-state index contributed by atoms with van der Waals surface area (Å²) in [5.74, 6) is 0. The van der Waals surface area contributed by atoms with Crippen LogP contribution in [0.1, 0.15) is 13.8 Å². The molecule has 0 saturated carbocycles. The first-order chi connectivity index (χ1) is 4.52. The van der Waals surface area contributed by atoms with Gasteiger partial charge in [-0.25, -0.2) is 0 Å². The van der Waals surface area contributed by atoms with Crippen LogP contribution in [-0.2, 0) is 0 Å². The van der Waals surface area contributed by atoms with Gasteiger partial charge in [0.25, 0.3) is 0 Å². The molecular weight excluding hydrogens is 247 g/mol. The molecule has 10 heavy (non-hydrogen) atoms. The Bertz CT molecular complexity index is 152. The summed E-state index contributed by atoms with van der Waals surface area (Å²) in [5, 5.41) is 0. The molecule has 0 amide bonds. The third-order valence-electron chi connectivity index (χ3n) is 0.998. The van der Waals surface area contributed by atoms with Crippen molar-refractivity contribution in [2.45, 2.75) is 22.7 Å². The Morgan fingerprint density at radius 3 is 1.70 bits per heavy atom. The first-order valence-corrected chi connectivity index (χ1v) is 11.3. The molecule has 56 valence electrons. The van der Waals surface area contributed by atoms with Gasteiger partial charge < -0.3 is 0 Å². The molecule has 0 aromatic rings. The van der Waals surface area contributed by atoms with Gasteiger partial charge >= 0.3 is 74.1 Å². The van der Waals surface area contributed by atoms with Crippen molar-refractivity contribution in [3.8, 4) is 0 Å². The van der Waals surface area contributed by atoms with E-state index in [0.29, 0.717) is 0 Å². The van der Waals surface area contributed by atoms with Crippen molar-refractivity contribution < 1.29 is 0 Å². The molecule has 0 saturated heterocycles. The van der Waals surface area contributed by atoms with Crippen LogP contribution in [0.5, 0.6) is 0 Å². The van der Waals surface area contributed by atoms with E-state index in [-0.39, 0.29) is 0 Å². The van der Waals surface area contributed by atoms with E-state index in [1.165, 1.54) is 11.1 Å². The normalized spacial score (nSPS) is 9.00. The monoisotopic (exact) mass is 262 g/mol. The summed E-state index contributed by atoms with van der Waals surface area (Å²) in [6, 6.07) is 0. The zero-order valence-corrected chi connectivity index (χ0v) is 10.4. The van der Waals surface area contributed by atoms with Gasteiger partial charge in [0, 0.05) is 0 Å². The van der Waals surface area contributed by atoms with E-state index in [4.69, 9.17) is 9.29 Å². The molecule has 0 atom stereocenters. The Morgan fingerprint density at radius 2 is 1.50 bits per heavy atom. The number of allylic oxidation sites excluding steroid dienone is 2. The van der Waals surface area contributed by atoms with Crippen LogP contribution in [0.4, 0.5) is 0 Å². The van der Waals surface area contributed by atoms with Gasteiger partial charge in [-0.1, -0.05) is 0 Å². The Labute approximate surface area is 73.9 Å². The SMILES string of the molecule is C=C(C)[CH2][Sn](=[S])[CH2]C(=C)C. The van der Waals surface area contributed by atoms with Gasteiger partial charge in [-0.05, 0) is 0 Å². The van der Waals surface area contributed by atoms with Crippen LogP contribution < -0.4 is 0 Å².